The van der Waals surface area contributed by atoms with E-state index >= 15 is 0 Å². The molecule has 1 fully saturated rings. The van der Waals surface area contributed by atoms with E-state index in [-0.39, 0.29) is 5.91 Å². The second kappa shape index (κ2) is 6.30. The number of likely N-dealkylation sites (tertiary alicyclic amines) is 1. The molecule has 5 nitrogen and oxygen atoms in total. The molecular formula is C14H18N4O. The lowest BCUT2D eigenvalue weighted by Gasteiger charge is -2.29. The molecule has 100 valence electrons. The SMILES string of the molecule is CN1CCCC(CC(=O)Nc2ccc(C#N)cn2)C1. The van der Waals surface area contributed by atoms with Gasteiger partial charge in [-0.05, 0) is 44.5 Å². The zero-order valence-corrected chi connectivity index (χ0v) is 11.1. The van der Waals surface area contributed by atoms with Crippen LogP contribution >= 0.6 is 0 Å². The minimum absolute atomic E-state index is 0.00231. The smallest absolute Gasteiger partial charge is 0.225 e. The van der Waals surface area contributed by atoms with Crippen LogP contribution in [0.2, 0.25) is 0 Å². The first-order chi connectivity index (χ1) is 9.17. The van der Waals surface area contributed by atoms with Crippen molar-refractivity contribution in [2.75, 3.05) is 25.5 Å². The predicted molar refractivity (Wildman–Crippen MR) is 72.4 cm³/mol. The number of carbonyl (C=O) groups excluding carboxylic acids is 1. The van der Waals surface area contributed by atoms with Crippen molar-refractivity contribution in [1.29, 1.82) is 5.26 Å². The first-order valence-electron chi connectivity index (χ1n) is 6.52. The molecule has 1 atom stereocenters. The number of nitriles is 1. The average molecular weight is 258 g/mol. The van der Waals surface area contributed by atoms with E-state index in [9.17, 15) is 4.79 Å². The Morgan fingerprint density at radius 2 is 2.47 bits per heavy atom. The van der Waals surface area contributed by atoms with Crippen molar-refractivity contribution in [1.82, 2.24) is 9.88 Å². The minimum Gasteiger partial charge on any atom is -0.311 e. The monoisotopic (exact) mass is 258 g/mol. The van der Waals surface area contributed by atoms with Gasteiger partial charge in [-0.15, -0.1) is 0 Å². The molecule has 1 aromatic heterocycles. The quantitative estimate of drug-likeness (QED) is 0.894. The Balaban J connectivity index is 1.85. The molecule has 0 radical (unpaired) electrons. The van der Waals surface area contributed by atoms with E-state index < -0.39 is 0 Å². The van der Waals surface area contributed by atoms with Gasteiger partial charge in [-0.3, -0.25) is 4.79 Å². The van der Waals surface area contributed by atoms with E-state index in [0.29, 0.717) is 23.7 Å². The number of carbonyl (C=O) groups is 1. The highest BCUT2D eigenvalue weighted by molar-refractivity contribution is 5.89. The zero-order chi connectivity index (χ0) is 13.7. The van der Waals surface area contributed by atoms with E-state index in [1.165, 1.54) is 6.20 Å². The molecule has 2 rings (SSSR count). The summed E-state index contributed by atoms with van der Waals surface area (Å²) in [5.74, 6) is 0.933. The van der Waals surface area contributed by atoms with Crippen LogP contribution in [-0.4, -0.2) is 35.9 Å². The Bertz CT molecular complexity index is 477. The van der Waals surface area contributed by atoms with Crippen LogP contribution < -0.4 is 5.32 Å². The average Bonchev–Trinajstić information content (AvgIpc) is 2.39. The maximum Gasteiger partial charge on any atom is 0.225 e. The van der Waals surface area contributed by atoms with Crippen molar-refractivity contribution < 1.29 is 4.79 Å². The summed E-state index contributed by atoms with van der Waals surface area (Å²) < 4.78 is 0. The molecular weight excluding hydrogens is 240 g/mol. The Kier molecular flexibility index (Phi) is 4.48. The van der Waals surface area contributed by atoms with Crippen LogP contribution in [0.25, 0.3) is 0 Å². The fourth-order valence-corrected chi connectivity index (χ4v) is 2.43. The predicted octanol–water partition coefficient (Wildman–Crippen LogP) is 1.62. The number of hydrogen-bond acceptors (Lipinski definition) is 4. The summed E-state index contributed by atoms with van der Waals surface area (Å²) in [5.41, 5.74) is 0.493. The van der Waals surface area contributed by atoms with Crippen molar-refractivity contribution >= 4 is 11.7 Å². The number of aromatic nitrogens is 1. The van der Waals surface area contributed by atoms with Gasteiger partial charge in [-0.25, -0.2) is 4.98 Å². The zero-order valence-electron chi connectivity index (χ0n) is 11.1. The number of rotatable bonds is 3. The van der Waals surface area contributed by atoms with Gasteiger partial charge in [0.1, 0.15) is 11.9 Å². The molecule has 1 amide bonds. The lowest BCUT2D eigenvalue weighted by atomic mass is 9.95. The first kappa shape index (κ1) is 13.5. The highest BCUT2D eigenvalue weighted by atomic mass is 16.1. The molecule has 0 aromatic carbocycles. The third-order valence-electron chi connectivity index (χ3n) is 3.36. The number of nitrogens with zero attached hydrogens (tertiary/aromatic N) is 3. The molecule has 5 heteroatoms. The molecule has 1 aliphatic heterocycles. The van der Waals surface area contributed by atoms with Gasteiger partial charge in [0, 0.05) is 19.2 Å². The third kappa shape index (κ3) is 4.04. The van der Waals surface area contributed by atoms with Crippen molar-refractivity contribution in [3.63, 3.8) is 0 Å². The van der Waals surface area contributed by atoms with Gasteiger partial charge < -0.3 is 10.2 Å². The molecule has 2 heterocycles. The van der Waals surface area contributed by atoms with Gasteiger partial charge in [-0.1, -0.05) is 0 Å². The van der Waals surface area contributed by atoms with Gasteiger partial charge in [-0.2, -0.15) is 5.26 Å². The van der Waals surface area contributed by atoms with Crippen LogP contribution in [0, 0.1) is 17.2 Å². The number of anilines is 1. The second-order valence-electron chi connectivity index (χ2n) is 5.07. The van der Waals surface area contributed by atoms with E-state index in [2.05, 4.69) is 22.2 Å². The van der Waals surface area contributed by atoms with Gasteiger partial charge >= 0.3 is 0 Å². The van der Waals surface area contributed by atoms with Crippen LogP contribution in [0.4, 0.5) is 5.82 Å². The van der Waals surface area contributed by atoms with Gasteiger partial charge in [0.25, 0.3) is 0 Å². The molecule has 0 aliphatic carbocycles. The van der Waals surface area contributed by atoms with E-state index in [1.807, 2.05) is 6.07 Å². The second-order valence-corrected chi connectivity index (χ2v) is 5.07. The third-order valence-corrected chi connectivity index (χ3v) is 3.36. The van der Waals surface area contributed by atoms with E-state index in [4.69, 9.17) is 5.26 Å². The number of amides is 1. The van der Waals surface area contributed by atoms with Gasteiger partial charge in [0.05, 0.1) is 5.56 Å². The molecule has 0 bridgehead atoms. The highest BCUT2D eigenvalue weighted by Gasteiger charge is 2.20. The Labute approximate surface area is 113 Å². The fourth-order valence-electron chi connectivity index (χ4n) is 2.43. The van der Waals surface area contributed by atoms with Gasteiger partial charge in [0.2, 0.25) is 5.91 Å². The Morgan fingerprint density at radius 3 is 3.11 bits per heavy atom. The molecule has 0 saturated carbocycles. The van der Waals surface area contributed by atoms with Crippen molar-refractivity contribution in [3.8, 4) is 6.07 Å². The van der Waals surface area contributed by atoms with Crippen LogP contribution in [0.5, 0.6) is 0 Å². The maximum absolute atomic E-state index is 11.9. The molecule has 0 spiro atoms. The molecule has 1 aliphatic rings. The highest BCUT2D eigenvalue weighted by Crippen LogP contribution is 2.19. The number of hydrogen-bond donors (Lipinski definition) is 1. The normalized spacial score (nSPS) is 19.7. The molecule has 1 saturated heterocycles. The summed E-state index contributed by atoms with van der Waals surface area (Å²) in [7, 11) is 2.09. The largest absolute Gasteiger partial charge is 0.311 e. The van der Waals surface area contributed by atoms with E-state index in [1.54, 1.807) is 12.1 Å². The van der Waals surface area contributed by atoms with Crippen LogP contribution in [-0.2, 0) is 4.79 Å². The van der Waals surface area contributed by atoms with Crippen molar-refractivity contribution in [2.24, 2.45) is 5.92 Å². The van der Waals surface area contributed by atoms with Crippen molar-refractivity contribution in [3.05, 3.63) is 23.9 Å². The van der Waals surface area contributed by atoms with Crippen LogP contribution in [0.15, 0.2) is 18.3 Å². The molecule has 19 heavy (non-hydrogen) atoms. The van der Waals surface area contributed by atoms with E-state index in [0.717, 1.165) is 25.9 Å². The number of piperidine rings is 1. The first-order valence-corrected chi connectivity index (χ1v) is 6.52. The number of nitrogens with one attached hydrogen (secondary N) is 1. The molecule has 1 unspecified atom stereocenters. The summed E-state index contributed by atoms with van der Waals surface area (Å²) in [6, 6.07) is 5.30. The maximum atomic E-state index is 11.9. The molecule has 1 aromatic rings. The summed E-state index contributed by atoms with van der Waals surface area (Å²) in [4.78, 5) is 18.2. The summed E-state index contributed by atoms with van der Waals surface area (Å²) in [6.45, 7) is 2.10. The standard InChI is InChI=1S/C14H18N4O/c1-18-6-2-3-11(10-18)7-14(19)17-13-5-4-12(8-15)9-16-13/h4-5,9,11H,2-3,6-7,10H2,1H3,(H,16,17,19). The summed E-state index contributed by atoms with van der Waals surface area (Å²) in [6.07, 6.45) is 4.26. The lowest BCUT2D eigenvalue weighted by molar-refractivity contribution is -0.117. The van der Waals surface area contributed by atoms with Gasteiger partial charge in [0.15, 0.2) is 0 Å². The van der Waals surface area contributed by atoms with Crippen LogP contribution in [0.3, 0.4) is 0 Å². The van der Waals surface area contributed by atoms with Crippen molar-refractivity contribution in [2.45, 2.75) is 19.3 Å². The lowest BCUT2D eigenvalue weighted by Crippen LogP contribution is -2.34. The summed E-state index contributed by atoms with van der Waals surface area (Å²) in [5, 5.41) is 11.4. The fraction of sp³-hybridized carbons (Fsp3) is 0.500. The Morgan fingerprint density at radius 1 is 1.63 bits per heavy atom. The molecule has 1 N–H and O–H groups in total. The summed E-state index contributed by atoms with van der Waals surface area (Å²) >= 11 is 0. The van der Waals surface area contributed by atoms with Crippen LogP contribution in [0.1, 0.15) is 24.8 Å². The minimum atomic E-state index is -0.00231. The number of pyridine rings is 1. The topological polar surface area (TPSA) is 69.0 Å². The Hall–Kier alpha value is -1.93.